The average molecular weight is 532 g/mol. The van der Waals surface area contributed by atoms with Gasteiger partial charge in [0, 0.05) is 19.6 Å². The lowest BCUT2D eigenvalue weighted by Gasteiger charge is -2.45. The van der Waals surface area contributed by atoms with Crippen LogP contribution in [0.5, 0.6) is 0 Å². The number of aliphatic hydroxyl groups excluding tert-OH is 1. The number of Topliss-reactive ketones (excluding diaryl/α,β-unsaturated/α-hetero) is 1. The van der Waals surface area contributed by atoms with Crippen molar-refractivity contribution >= 4 is 11.8 Å². The Bertz CT molecular complexity index is 936. The molecule has 2 heterocycles. The molecule has 0 aliphatic carbocycles. The van der Waals surface area contributed by atoms with Crippen LogP contribution in [0, 0.1) is 23.2 Å². The molecular formula is C31H49NO6. The maximum atomic E-state index is 14.0. The zero-order chi connectivity index (χ0) is 28.3. The minimum absolute atomic E-state index is 0.0480. The number of hydrogen-bond acceptors (Lipinski definition) is 7. The fourth-order valence-corrected chi connectivity index (χ4v) is 6.60. The first-order chi connectivity index (χ1) is 17.8. The van der Waals surface area contributed by atoms with Gasteiger partial charge in [-0.2, -0.15) is 0 Å². The number of ether oxygens (including phenoxy) is 3. The second kappa shape index (κ2) is 12.6. The molecule has 2 saturated heterocycles. The molecule has 0 spiro atoms. The predicted octanol–water partition coefficient (Wildman–Crippen LogP) is 4.81. The van der Waals surface area contributed by atoms with Gasteiger partial charge < -0.3 is 19.3 Å². The van der Waals surface area contributed by atoms with Crippen molar-refractivity contribution in [2.45, 2.75) is 97.2 Å². The van der Waals surface area contributed by atoms with Crippen LogP contribution in [-0.4, -0.2) is 73.0 Å². The summed E-state index contributed by atoms with van der Waals surface area (Å²) in [4.78, 5) is 29.6. The van der Waals surface area contributed by atoms with E-state index in [0.717, 1.165) is 18.5 Å². The molecule has 0 saturated carbocycles. The topological polar surface area (TPSA) is 85.3 Å². The van der Waals surface area contributed by atoms with E-state index in [1.54, 1.807) is 21.0 Å². The summed E-state index contributed by atoms with van der Waals surface area (Å²) in [6, 6.07) is 9.89. The van der Waals surface area contributed by atoms with Crippen LogP contribution in [0.2, 0.25) is 0 Å². The summed E-state index contributed by atoms with van der Waals surface area (Å²) in [5.74, 6) is -1.25. The van der Waals surface area contributed by atoms with E-state index in [0.29, 0.717) is 19.3 Å². The van der Waals surface area contributed by atoms with Gasteiger partial charge in [0.05, 0.1) is 30.0 Å². The third kappa shape index (κ3) is 6.85. The van der Waals surface area contributed by atoms with Crippen LogP contribution >= 0.6 is 0 Å². The number of methoxy groups -OCH3 is 1. The third-order valence-electron chi connectivity index (χ3n) is 9.03. The molecule has 0 unspecified atom stereocenters. The largest absolute Gasteiger partial charge is 0.463 e. The van der Waals surface area contributed by atoms with E-state index < -0.39 is 29.0 Å². The Morgan fingerprint density at radius 1 is 1.08 bits per heavy atom. The summed E-state index contributed by atoms with van der Waals surface area (Å²) in [7, 11) is 3.75. The van der Waals surface area contributed by atoms with Crippen molar-refractivity contribution in [3.05, 3.63) is 35.9 Å². The molecule has 214 valence electrons. The van der Waals surface area contributed by atoms with Crippen LogP contribution in [0.25, 0.3) is 0 Å². The molecule has 8 atom stereocenters. The fraction of sp³-hybridized carbons (Fsp3) is 0.742. The maximum Gasteiger partial charge on any atom is 0.319 e. The molecule has 0 radical (unpaired) electrons. The zero-order valence-corrected chi connectivity index (χ0v) is 24.6. The zero-order valence-electron chi connectivity index (χ0n) is 24.6. The van der Waals surface area contributed by atoms with Gasteiger partial charge in [0.15, 0.2) is 5.78 Å². The highest BCUT2D eigenvalue weighted by atomic mass is 16.5. The minimum Gasteiger partial charge on any atom is -0.463 e. The van der Waals surface area contributed by atoms with Crippen LogP contribution in [0.15, 0.2) is 30.3 Å². The summed E-state index contributed by atoms with van der Waals surface area (Å²) in [5, 5.41) is 10.8. The Kier molecular flexibility index (Phi) is 10.2. The highest BCUT2D eigenvalue weighted by molar-refractivity contribution is 6.04. The quantitative estimate of drug-likeness (QED) is 0.441. The highest BCUT2D eigenvalue weighted by Gasteiger charge is 2.49. The predicted molar refractivity (Wildman–Crippen MR) is 148 cm³/mol. The van der Waals surface area contributed by atoms with Crippen molar-refractivity contribution < 1.29 is 28.9 Å². The van der Waals surface area contributed by atoms with E-state index in [9.17, 15) is 14.7 Å². The monoisotopic (exact) mass is 531 g/mol. The third-order valence-corrected chi connectivity index (χ3v) is 9.03. The number of aliphatic hydroxyl groups is 1. The minimum atomic E-state index is -1.33. The van der Waals surface area contributed by atoms with Crippen molar-refractivity contribution in [1.82, 2.24) is 4.90 Å². The molecule has 0 amide bonds. The van der Waals surface area contributed by atoms with Crippen LogP contribution in [0.3, 0.4) is 0 Å². The van der Waals surface area contributed by atoms with Gasteiger partial charge in [0.25, 0.3) is 0 Å². The van der Waals surface area contributed by atoms with Crippen molar-refractivity contribution in [3.63, 3.8) is 0 Å². The van der Waals surface area contributed by atoms with E-state index in [2.05, 4.69) is 25.8 Å². The normalized spacial score (nSPS) is 38.0. The number of nitrogens with zero attached hydrogens (tertiary/aromatic N) is 1. The molecule has 1 aromatic carbocycles. The summed E-state index contributed by atoms with van der Waals surface area (Å²) < 4.78 is 18.3. The first kappa shape index (κ1) is 30.7. The van der Waals surface area contributed by atoms with Gasteiger partial charge in [0.1, 0.15) is 12.0 Å². The molecule has 1 N–H and O–H groups in total. The van der Waals surface area contributed by atoms with Gasteiger partial charge in [-0.25, -0.2) is 0 Å². The number of carbonyl (C=O) groups is 2. The highest BCUT2D eigenvalue weighted by Crippen LogP contribution is 2.42. The lowest BCUT2D eigenvalue weighted by Crippen LogP contribution is -2.51. The molecule has 1 aromatic rings. The van der Waals surface area contributed by atoms with Crippen molar-refractivity contribution in [1.29, 1.82) is 0 Å². The molecular weight excluding hydrogens is 482 g/mol. The molecule has 7 nitrogen and oxygen atoms in total. The van der Waals surface area contributed by atoms with Crippen LogP contribution in [-0.2, 0) is 23.8 Å². The van der Waals surface area contributed by atoms with E-state index in [1.807, 2.05) is 44.2 Å². The Morgan fingerprint density at radius 3 is 2.37 bits per heavy atom. The average Bonchev–Trinajstić information content (AvgIpc) is 2.88. The van der Waals surface area contributed by atoms with Gasteiger partial charge in [-0.15, -0.1) is 0 Å². The van der Waals surface area contributed by atoms with E-state index >= 15 is 0 Å². The number of carbonyl (C=O) groups excluding carboxylic acids is 2. The molecule has 38 heavy (non-hydrogen) atoms. The molecule has 0 aromatic heterocycles. The van der Waals surface area contributed by atoms with E-state index in [4.69, 9.17) is 14.2 Å². The van der Waals surface area contributed by atoms with Gasteiger partial charge in [-0.1, -0.05) is 44.2 Å². The number of benzene rings is 1. The SMILES string of the molecule is CO[C@]1(C)C[C@@H](C)CN(C)[C@H](c2ccccc2)COC(=O)C(C)(C)C(=O)[C@H](C)[C@H]1C[C@@H]1O[C@H](C)CC[C@H]1O. The smallest absolute Gasteiger partial charge is 0.319 e. The number of ketones is 1. The molecule has 7 heteroatoms. The Balaban J connectivity index is 2.01. The van der Waals surface area contributed by atoms with Crippen LogP contribution in [0.4, 0.5) is 0 Å². The maximum absolute atomic E-state index is 14.0. The van der Waals surface area contributed by atoms with Crippen molar-refractivity contribution in [2.24, 2.45) is 23.2 Å². The lowest BCUT2D eigenvalue weighted by atomic mass is 9.67. The first-order valence-electron chi connectivity index (χ1n) is 14.2. The van der Waals surface area contributed by atoms with Crippen LogP contribution in [0.1, 0.15) is 78.8 Å². The molecule has 2 aliphatic heterocycles. The number of rotatable bonds is 4. The second-order valence-electron chi connectivity index (χ2n) is 12.5. The Hall–Kier alpha value is -1.80. The Morgan fingerprint density at radius 2 is 1.74 bits per heavy atom. The number of likely N-dealkylation sites (N-methyl/N-ethyl adjacent to an activating group) is 1. The number of cyclic esters (lactones) is 1. The molecule has 2 aliphatic rings. The molecule has 3 rings (SSSR count). The second-order valence-corrected chi connectivity index (χ2v) is 12.5. The van der Waals surface area contributed by atoms with Crippen molar-refractivity contribution in [3.8, 4) is 0 Å². The lowest BCUT2D eigenvalue weighted by molar-refractivity contribution is -0.166. The van der Waals surface area contributed by atoms with Crippen molar-refractivity contribution in [2.75, 3.05) is 27.3 Å². The molecule has 2 fully saturated rings. The van der Waals surface area contributed by atoms with Gasteiger partial charge in [-0.3, -0.25) is 14.5 Å². The van der Waals surface area contributed by atoms with Gasteiger partial charge in [-0.05, 0) is 77.8 Å². The number of esters is 1. The summed E-state index contributed by atoms with van der Waals surface area (Å²) >= 11 is 0. The fourth-order valence-electron chi connectivity index (χ4n) is 6.60. The number of hydrogen-bond donors (Lipinski definition) is 1. The van der Waals surface area contributed by atoms with Gasteiger partial charge in [0.2, 0.25) is 0 Å². The summed E-state index contributed by atoms with van der Waals surface area (Å²) in [6.07, 6.45) is 1.74. The standard InChI is InChI=1S/C31H49NO6/c1-20-17-31(6,36-8)24(16-27-26(33)15-14-21(2)38-27)22(3)28(34)30(4,5)29(35)37-19-25(32(7)18-20)23-12-10-9-11-13-23/h9-13,20-22,24-27,33H,14-19H2,1-8H3/t20-,21-,22-,24-,25+,26-,27+,31-/m1/s1. The van der Waals surface area contributed by atoms with Crippen LogP contribution < -0.4 is 0 Å². The molecule has 0 bridgehead atoms. The van der Waals surface area contributed by atoms with E-state index in [-0.39, 0.29) is 42.5 Å². The van der Waals surface area contributed by atoms with E-state index in [1.165, 1.54) is 0 Å². The Labute approximate surface area is 229 Å². The summed E-state index contributed by atoms with van der Waals surface area (Å²) in [5.41, 5.74) is -0.937. The van der Waals surface area contributed by atoms with Gasteiger partial charge >= 0.3 is 5.97 Å². The summed E-state index contributed by atoms with van der Waals surface area (Å²) in [6.45, 7) is 12.4. The first-order valence-corrected chi connectivity index (χ1v) is 14.2.